The molecule has 162 valence electrons. The van der Waals surface area contributed by atoms with Gasteiger partial charge in [-0.15, -0.1) is 0 Å². The average molecular weight is 409 g/mol. The number of amides is 2. The smallest absolute Gasteiger partial charge is 0.319 e. The van der Waals surface area contributed by atoms with Gasteiger partial charge in [0.15, 0.2) is 0 Å². The fourth-order valence-electron chi connectivity index (χ4n) is 4.00. The molecule has 3 rings (SSSR count). The first-order valence-electron chi connectivity index (χ1n) is 11.4. The Balaban J connectivity index is 1.60. The van der Waals surface area contributed by atoms with Crippen LogP contribution in [-0.4, -0.2) is 35.5 Å². The molecule has 2 amide bonds. The van der Waals surface area contributed by atoms with Gasteiger partial charge >= 0.3 is 6.03 Å². The highest BCUT2D eigenvalue weighted by Gasteiger charge is 2.18. The third-order valence-electron chi connectivity index (χ3n) is 5.75. The van der Waals surface area contributed by atoms with Crippen molar-refractivity contribution in [1.82, 2.24) is 15.2 Å². The molecule has 0 bridgehead atoms. The Bertz CT molecular complexity index is 867. The number of hydrogen-bond acceptors (Lipinski definition) is 2. The van der Waals surface area contributed by atoms with E-state index in [1.165, 1.54) is 30.2 Å². The summed E-state index contributed by atoms with van der Waals surface area (Å²) in [6.45, 7) is 7.19. The van der Waals surface area contributed by atoms with Crippen LogP contribution >= 0.6 is 0 Å². The maximum Gasteiger partial charge on any atom is 0.319 e. The second-order valence-corrected chi connectivity index (χ2v) is 8.08. The van der Waals surface area contributed by atoms with Gasteiger partial charge in [-0.2, -0.15) is 0 Å². The van der Waals surface area contributed by atoms with Crippen LogP contribution in [0.2, 0.25) is 0 Å². The first kappa shape index (κ1) is 22.0. The molecule has 0 radical (unpaired) electrons. The molecule has 1 aliphatic rings. The fraction of sp³-hybridized carbons (Fsp3) is 0.480. The monoisotopic (exact) mass is 408 g/mol. The number of nitrogens with zero attached hydrogens (tertiary/aromatic N) is 1. The number of carbonyl (C=O) groups is 1. The van der Waals surface area contributed by atoms with E-state index in [1.54, 1.807) is 0 Å². The summed E-state index contributed by atoms with van der Waals surface area (Å²) >= 11 is 0. The second-order valence-electron chi connectivity index (χ2n) is 8.08. The first-order chi connectivity index (χ1) is 14.7. The lowest BCUT2D eigenvalue weighted by Gasteiger charge is -2.27. The van der Waals surface area contributed by atoms with Crippen LogP contribution < -0.4 is 10.6 Å². The Hall–Kier alpha value is -2.69. The van der Waals surface area contributed by atoms with Crippen molar-refractivity contribution in [1.29, 1.82) is 0 Å². The highest BCUT2D eigenvalue weighted by Crippen LogP contribution is 2.32. The molecule has 1 atom stereocenters. The Labute approximate surface area is 180 Å². The molecule has 1 aliphatic heterocycles. The van der Waals surface area contributed by atoms with Gasteiger partial charge in [-0.05, 0) is 62.6 Å². The summed E-state index contributed by atoms with van der Waals surface area (Å²) in [7, 11) is 0. The van der Waals surface area contributed by atoms with E-state index in [0.717, 1.165) is 43.6 Å². The van der Waals surface area contributed by atoms with Gasteiger partial charge in [-0.1, -0.05) is 38.0 Å². The van der Waals surface area contributed by atoms with Gasteiger partial charge in [-0.3, -0.25) is 0 Å². The average Bonchev–Trinajstić information content (AvgIpc) is 3.17. The van der Waals surface area contributed by atoms with Crippen LogP contribution in [0.25, 0.3) is 10.9 Å². The van der Waals surface area contributed by atoms with Crippen LogP contribution in [0.15, 0.2) is 48.8 Å². The maximum absolute atomic E-state index is 12.2. The zero-order valence-electron chi connectivity index (χ0n) is 18.4. The number of aromatic amines is 1. The van der Waals surface area contributed by atoms with Crippen molar-refractivity contribution in [3.05, 3.63) is 54.4 Å². The van der Waals surface area contributed by atoms with E-state index in [9.17, 15) is 4.79 Å². The number of nitrogens with one attached hydrogen (secondary N) is 3. The number of rotatable bonds is 10. The Kier molecular flexibility index (Phi) is 8.42. The molecule has 5 nitrogen and oxygen atoms in total. The van der Waals surface area contributed by atoms with E-state index in [1.807, 2.05) is 25.1 Å². The molecule has 30 heavy (non-hydrogen) atoms. The molecule has 5 heteroatoms. The summed E-state index contributed by atoms with van der Waals surface area (Å²) in [6.07, 6.45) is 17.8. The fourth-order valence-corrected chi connectivity index (χ4v) is 4.00. The standard InChI is InChI=1S/C25H36N4O/c1-3-5-7-8-14-26-25(30)28-21-10-11-24-22(18-21)23(19-27-24)20-12-16-29(17-13-20)15-9-6-4-2/h3,5,10-12,16,18-20,27H,4,6-9,13-15,17H2,1-2H3,(H2,26,28,30). The van der Waals surface area contributed by atoms with Crippen molar-refractivity contribution < 1.29 is 4.79 Å². The number of urea groups is 1. The van der Waals surface area contributed by atoms with Crippen molar-refractivity contribution in [3.63, 3.8) is 0 Å². The summed E-state index contributed by atoms with van der Waals surface area (Å²) in [6, 6.07) is 5.94. The summed E-state index contributed by atoms with van der Waals surface area (Å²) in [5.74, 6) is 0.414. The van der Waals surface area contributed by atoms with E-state index in [-0.39, 0.29) is 6.03 Å². The number of carbonyl (C=O) groups excluding carboxylic acids is 1. The number of fused-ring (bicyclic) bond motifs is 1. The van der Waals surface area contributed by atoms with Crippen LogP contribution in [0, 0.1) is 0 Å². The third-order valence-corrected chi connectivity index (χ3v) is 5.75. The van der Waals surface area contributed by atoms with E-state index < -0.39 is 0 Å². The molecule has 0 fully saturated rings. The number of hydrogen-bond donors (Lipinski definition) is 3. The van der Waals surface area contributed by atoms with E-state index in [4.69, 9.17) is 0 Å². The quantitative estimate of drug-likeness (QED) is 0.327. The number of allylic oxidation sites excluding steroid dienone is 3. The topological polar surface area (TPSA) is 60.2 Å². The summed E-state index contributed by atoms with van der Waals surface area (Å²) < 4.78 is 0. The molecular weight excluding hydrogens is 372 g/mol. The van der Waals surface area contributed by atoms with Crippen LogP contribution in [-0.2, 0) is 0 Å². The van der Waals surface area contributed by atoms with Gasteiger partial charge in [0.1, 0.15) is 0 Å². The summed E-state index contributed by atoms with van der Waals surface area (Å²) in [4.78, 5) is 18.0. The molecule has 1 aromatic carbocycles. The molecule has 0 spiro atoms. The van der Waals surface area contributed by atoms with Crippen LogP contribution in [0.3, 0.4) is 0 Å². The van der Waals surface area contributed by atoms with Crippen LogP contribution in [0.4, 0.5) is 10.5 Å². The Morgan fingerprint density at radius 3 is 2.97 bits per heavy atom. The van der Waals surface area contributed by atoms with Crippen LogP contribution in [0.5, 0.6) is 0 Å². The lowest BCUT2D eigenvalue weighted by atomic mass is 9.93. The van der Waals surface area contributed by atoms with E-state index in [0.29, 0.717) is 12.5 Å². The molecule has 3 N–H and O–H groups in total. The van der Waals surface area contributed by atoms with Gasteiger partial charge < -0.3 is 20.5 Å². The minimum atomic E-state index is -0.146. The van der Waals surface area contributed by atoms with Crippen LogP contribution in [0.1, 0.15) is 63.9 Å². The molecule has 0 saturated heterocycles. The van der Waals surface area contributed by atoms with Crippen molar-refractivity contribution in [2.45, 2.75) is 58.3 Å². The summed E-state index contributed by atoms with van der Waals surface area (Å²) in [5.41, 5.74) is 3.25. The van der Waals surface area contributed by atoms with Gasteiger partial charge in [0, 0.05) is 48.3 Å². The minimum Gasteiger partial charge on any atom is -0.378 e. The second kappa shape index (κ2) is 11.5. The van der Waals surface area contributed by atoms with Crippen molar-refractivity contribution in [2.75, 3.05) is 25.0 Å². The van der Waals surface area contributed by atoms with Gasteiger partial charge in [-0.25, -0.2) is 4.79 Å². The first-order valence-corrected chi connectivity index (χ1v) is 11.4. The number of aromatic nitrogens is 1. The molecular formula is C25H36N4O. The van der Waals surface area contributed by atoms with Gasteiger partial charge in [0.25, 0.3) is 0 Å². The molecule has 0 aliphatic carbocycles. The molecule has 2 aromatic rings. The van der Waals surface area contributed by atoms with Gasteiger partial charge in [0.05, 0.1) is 0 Å². The molecule has 1 unspecified atom stereocenters. The van der Waals surface area contributed by atoms with E-state index in [2.05, 4.69) is 58.1 Å². The third kappa shape index (κ3) is 6.15. The normalized spacial score (nSPS) is 16.5. The predicted molar refractivity (Wildman–Crippen MR) is 127 cm³/mol. The minimum absolute atomic E-state index is 0.146. The Morgan fingerprint density at radius 1 is 1.30 bits per heavy atom. The zero-order valence-corrected chi connectivity index (χ0v) is 18.4. The highest BCUT2D eigenvalue weighted by atomic mass is 16.2. The van der Waals surface area contributed by atoms with E-state index >= 15 is 0 Å². The number of unbranched alkanes of at least 4 members (excludes halogenated alkanes) is 3. The number of anilines is 1. The Morgan fingerprint density at radius 2 is 2.20 bits per heavy atom. The number of H-pyrrole nitrogens is 1. The summed E-state index contributed by atoms with van der Waals surface area (Å²) in [5, 5.41) is 7.09. The highest BCUT2D eigenvalue weighted by molar-refractivity contribution is 5.94. The van der Waals surface area contributed by atoms with Gasteiger partial charge in [0.2, 0.25) is 0 Å². The number of benzene rings is 1. The molecule has 2 heterocycles. The van der Waals surface area contributed by atoms with Crippen molar-refractivity contribution >= 4 is 22.6 Å². The maximum atomic E-state index is 12.2. The predicted octanol–water partition coefficient (Wildman–Crippen LogP) is 6.14. The van der Waals surface area contributed by atoms with Crippen molar-refractivity contribution in [2.24, 2.45) is 0 Å². The molecule has 0 saturated carbocycles. The molecule has 1 aromatic heterocycles. The largest absolute Gasteiger partial charge is 0.378 e. The lowest BCUT2D eigenvalue weighted by Crippen LogP contribution is -2.29. The van der Waals surface area contributed by atoms with Crippen molar-refractivity contribution in [3.8, 4) is 0 Å². The lowest BCUT2D eigenvalue weighted by molar-refractivity contribution is 0.252. The SMILES string of the molecule is CC=CCCCNC(=O)Nc1ccc2[nH]cc(C3C=CN(CCCCC)CC3)c2c1. The zero-order chi connectivity index (χ0) is 21.2.